The van der Waals surface area contributed by atoms with Crippen LogP contribution in [-0.2, 0) is 0 Å². The Kier molecular flexibility index (Phi) is 4.44. The van der Waals surface area contributed by atoms with Gasteiger partial charge in [-0.2, -0.15) is 0 Å². The van der Waals surface area contributed by atoms with Gasteiger partial charge < -0.3 is 15.7 Å². The zero-order valence-electron chi connectivity index (χ0n) is 10.1. The zero-order chi connectivity index (χ0) is 13.0. The number of hydrogen-bond acceptors (Lipinski definition) is 3. The fourth-order valence-corrected chi connectivity index (χ4v) is 2.29. The van der Waals surface area contributed by atoms with E-state index >= 15 is 0 Å². The molecule has 0 aromatic heterocycles. The van der Waals surface area contributed by atoms with Crippen LogP contribution in [0.4, 0.5) is 0 Å². The summed E-state index contributed by atoms with van der Waals surface area (Å²) >= 11 is 5.76. The van der Waals surface area contributed by atoms with Crippen molar-refractivity contribution in [1.29, 1.82) is 0 Å². The first-order chi connectivity index (χ1) is 8.66. The van der Waals surface area contributed by atoms with Crippen LogP contribution < -0.4 is 10.6 Å². The van der Waals surface area contributed by atoms with Crippen LogP contribution in [0.1, 0.15) is 29.6 Å². The first-order valence-electron chi connectivity index (χ1n) is 6.17. The summed E-state index contributed by atoms with van der Waals surface area (Å²) in [7, 11) is 0. The number of nitrogens with one attached hydrogen (secondary N) is 2. The minimum absolute atomic E-state index is 0.0108. The number of phenols is 1. The summed E-state index contributed by atoms with van der Waals surface area (Å²) in [6, 6.07) is 4.98. The van der Waals surface area contributed by atoms with E-state index in [-0.39, 0.29) is 16.7 Å². The van der Waals surface area contributed by atoms with Crippen LogP contribution in [0.2, 0.25) is 5.02 Å². The number of aromatic hydroxyl groups is 1. The van der Waals surface area contributed by atoms with Crippen LogP contribution in [0.15, 0.2) is 18.2 Å². The predicted molar refractivity (Wildman–Crippen MR) is 71.1 cm³/mol. The van der Waals surface area contributed by atoms with Crippen molar-refractivity contribution in [1.82, 2.24) is 10.6 Å². The lowest BCUT2D eigenvalue weighted by Gasteiger charge is -2.11. The summed E-state index contributed by atoms with van der Waals surface area (Å²) in [5, 5.41) is 15.7. The van der Waals surface area contributed by atoms with Gasteiger partial charge in [0.05, 0.1) is 5.02 Å². The van der Waals surface area contributed by atoms with Gasteiger partial charge >= 0.3 is 0 Å². The number of benzene rings is 1. The first kappa shape index (κ1) is 13.2. The van der Waals surface area contributed by atoms with Crippen molar-refractivity contribution >= 4 is 17.5 Å². The monoisotopic (exact) mass is 268 g/mol. The van der Waals surface area contributed by atoms with Gasteiger partial charge in [0, 0.05) is 18.2 Å². The Hall–Kier alpha value is -1.26. The molecule has 1 saturated heterocycles. The van der Waals surface area contributed by atoms with Gasteiger partial charge in [-0.15, -0.1) is 0 Å². The molecule has 98 valence electrons. The zero-order valence-corrected chi connectivity index (χ0v) is 10.8. The van der Waals surface area contributed by atoms with Crippen LogP contribution >= 0.6 is 11.6 Å². The summed E-state index contributed by atoms with van der Waals surface area (Å²) in [5.74, 6) is -0.168. The van der Waals surface area contributed by atoms with Crippen LogP contribution in [0.5, 0.6) is 5.75 Å². The fraction of sp³-hybridized carbons (Fsp3) is 0.462. The van der Waals surface area contributed by atoms with Crippen molar-refractivity contribution in [2.45, 2.75) is 25.3 Å². The van der Waals surface area contributed by atoms with Crippen LogP contribution in [0.25, 0.3) is 0 Å². The lowest BCUT2D eigenvalue weighted by atomic mass is 10.1. The Bertz CT molecular complexity index is 431. The minimum atomic E-state index is -0.158. The number of rotatable bonds is 4. The Labute approximate surface area is 111 Å². The highest BCUT2D eigenvalue weighted by Crippen LogP contribution is 2.23. The second-order valence-electron chi connectivity index (χ2n) is 4.50. The van der Waals surface area contributed by atoms with Gasteiger partial charge in [-0.25, -0.2) is 0 Å². The average Bonchev–Trinajstić information content (AvgIpc) is 2.85. The summed E-state index contributed by atoms with van der Waals surface area (Å²) in [6.07, 6.45) is 3.34. The molecule has 18 heavy (non-hydrogen) atoms. The highest BCUT2D eigenvalue weighted by Gasteiger charge is 2.14. The van der Waals surface area contributed by atoms with Gasteiger partial charge in [0.25, 0.3) is 5.91 Å². The Morgan fingerprint density at radius 2 is 2.39 bits per heavy atom. The average molecular weight is 269 g/mol. The molecule has 0 aliphatic carbocycles. The van der Waals surface area contributed by atoms with Crippen LogP contribution in [0.3, 0.4) is 0 Å². The normalized spacial score (nSPS) is 18.8. The Balaban J connectivity index is 1.81. The number of carbonyl (C=O) groups excluding carboxylic acids is 1. The smallest absolute Gasteiger partial charge is 0.251 e. The Morgan fingerprint density at radius 1 is 1.56 bits per heavy atom. The van der Waals surface area contributed by atoms with E-state index in [4.69, 9.17) is 11.6 Å². The van der Waals surface area contributed by atoms with Crippen LogP contribution in [0, 0.1) is 0 Å². The van der Waals surface area contributed by atoms with E-state index in [1.54, 1.807) is 6.07 Å². The van der Waals surface area contributed by atoms with E-state index in [0.29, 0.717) is 18.2 Å². The van der Waals surface area contributed by atoms with Gasteiger partial charge in [-0.3, -0.25) is 4.79 Å². The third-order valence-electron chi connectivity index (χ3n) is 3.15. The fourth-order valence-electron chi connectivity index (χ4n) is 2.11. The standard InChI is InChI=1S/C13H17ClN2O2/c14-11-8-9(3-4-12(11)17)13(18)16-7-5-10-2-1-6-15-10/h3-4,8,10,15,17H,1-2,5-7H2,(H,16,18)/t10-/m1/s1. The van der Waals surface area contributed by atoms with E-state index in [1.807, 2.05) is 0 Å². The van der Waals surface area contributed by atoms with Crippen molar-refractivity contribution in [3.63, 3.8) is 0 Å². The summed E-state index contributed by atoms with van der Waals surface area (Å²) in [4.78, 5) is 11.8. The largest absolute Gasteiger partial charge is 0.506 e. The maximum atomic E-state index is 11.8. The number of phenolic OH excluding ortho intramolecular Hbond substituents is 1. The molecule has 1 atom stereocenters. The Morgan fingerprint density at radius 3 is 3.06 bits per heavy atom. The molecule has 0 bridgehead atoms. The van der Waals surface area contributed by atoms with E-state index in [2.05, 4.69) is 10.6 Å². The maximum absolute atomic E-state index is 11.8. The molecule has 1 aromatic carbocycles. The summed E-state index contributed by atoms with van der Waals surface area (Å²) < 4.78 is 0. The maximum Gasteiger partial charge on any atom is 0.251 e. The SMILES string of the molecule is O=C(NCC[C@H]1CCCN1)c1ccc(O)c(Cl)c1. The molecular formula is C13H17ClN2O2. The quantitative estimate of drug-likeness (QED) is 0.782. The molecule has 4 nitrogen and oxygen atoms in total. The lowest BCUT2D eigenvalue weighted by molar-refractivity contribution is 0.0952. The van der Waals surface area contributed by atoms with Gasteiger partial charge in [0.2, 0.25) is 0 Å². The van der Waals surface area contributed by atoms with Crippen molar-refractivity contribution < 1.29 is 9.90 Å². The molecule has 0 saturated carbocycles. The molecule has 0 spiro atoms. The van der Waals surface area contributed by atoms with Crippen molar-refractivity contribution in [2.24, 2.45) is 0 Å². The van der Waals surface area contributed by atoms with E-state index < -0.39 is 0 Å². The number of carbonyl (C=O) groups is 1. The van der Waals surface area contributed by atoms with Gasteiger partial charge in [-0.1, -0.05) is 11.6 Å². The summed E-state index contributed by atoms with van der Waals surface area (Å²) in [5.41, 5.74) is 0.470. The molecule has 0 radical (unpaired) electrons. The topological polar surface area (TPSA) is 61.4 Å². The molecule has 3 N–H and O–H groups in total. The number of amides is 1. The summed E-state index contributed by atoms with van der Waals surface area (Å²) in [6.45, 7) is 1.72. The highest BCUT2D eigenvalue weighted by atomic mass is 35.5. The molecule has 0 unspecified atom stereocenters. The molecule has 1 aliphatic heterocycles. The van der Waals surface area contributed by atoms with Crippen molar-refractivity contribution in [2.75, 3.05) is 13.1 Å². The van der Waals surface area contributed by atoms with E-state index in [1.165, 1.54) is 25.0 Å². The van der Waals surface area contributed by atoms with Gasteiger partial charge in [0.1, 0.15) is 5.75 Å². The minimum Gasteiger partial charge on any atom is -0.506 e. The second-order valence-corrected chi connectivity index (χ2v) is 4.91. The van der Waals surface area contributed by atoms with Gasteiger partial charge in [-0.05, 0) is 44.0 Å². The van der Waals surface area contributed by atoms with Crippen molar-refractivity contribution in [3.05, 3.63) is 28.8 Å². The first-order valence-corrected chi connectivity index (χ1v) is 6.54. The molecule has 1 aromatic rings. The highest BCUT2D eigenvalue weighted by molar-refractivity contribution is 6.32. The van der Waals surface area contributed by atoms with Crippen LogP contribution in [-0.4, -0.2) is 30.1 Å². The number of hydrogen-bond donors (Lipinski definition) is 3. The lowest BCUT2D eigenvalue weighted by Crippen LogP contribution is -2.30. The molecule has 1 aliphatic rings. The van der Waals surface area contributed by atoms with E-state index in [9.17, 15) is 9.90 Å². The predicted octanol–water partition coefficient (Wildman–Crippen LogP) is 1.92. The third kappa shape index (κ3) is 3.37. The van der Waals surface area contributed by atoms with Crippen molar-refractivity contribution in [3.8, 4) is 5.75 Å². The molecule has 1 heterocycles. The second kappa shape index (κ2) is 6.07. The number of halogens is 1. The van der Waals surface area contributed by atoms with E-state index in [0.717, 1.165) is 13.0 Å². The molecule has 1 fully saturated rings. The molecule has 5 heteroatoms. The molecule has 2 rings (SSSR count). The third-order valence-corrected chi connectivity index (χ3v) is 3.45. The molecule has 1 amide bonds. The van der Waals surface area contributed by atoms with Gasteiger partial charge in [0.15, 0.2) is 0 Å². The molecular weight excluding hydrogens is 252 g/mol.